The Balaban J connectivity index is 1.65. The fourth-order valence-corrected chi connectivity index (χ4v) is 3.29. The maximum Gasteiger partial charge on any atom is 0.225 e. The van der Waals surface area contributed by atoms with Crippen molar-refractivity contribution < 1.29 is 9.47 Å². The van der Waals surface area contributed by atoms with Gasteiger partial charge >= 0.3 is 0 Å². The monoisotopic (exact) mass is 405 g/mol. The standard InChI is InChI=1S/C28H23NO2/c1-3-24-18-21(2)14-15-25(24)26-16-17-27(30-19-22-10-6-4-7-11-22)29-28(26)31-20-23-12-8-5-9-13-23/h1,4-18H,19-20H2,2H3. The minimum Gasteiger partial charge on any atom is -0.473 e. The second-order valence-corrected chi connectivity index (χ2v) is 7.24. The lowest BCUT2D eigenvalue weighted by atomic mass is 9.99. The van der Waals surface area contributed by atoms with Crippen molar-refractivity contribution in [3.05, 3.63) is 113 Å². The van der Waals surface area contributed by atoms with Crippen molar-refractivity contribution in [1.29, 1.82) is 0 Å². The van der Waals surface area contributed by atoms with Gasteiger partial charge in [0.05, 0.1) is 0 Å². The fourth-order valence-electron chi connectivity index (χ4n) is 3.29. The van der Waals surface area contributed by atoms with Crippen LogP contribution in [0.5, 0.6) is 11.8 Å². The third kappa shape index (κ3) is 5.12. The number of ether oxygens (including phenoxy) is 2. The lowest BCUT2D eigenvalue weighted by Gasteiger charge is -2.14. The van der Waals surface area contributed by atoms with Crippen LogP contribution < -0.4 is 9.47 Å². The Morgan fingerprint density at radius 1 is 0.742 bits per heavy atom. The van der Waals surface area contributed by atoms with Crippen molar-refractivity contribution in [2.75, 3.05) is 0 Å². The van der Waals surface area contributed by atoms with Gasteiger partial charge in [0.2, 0.25) is 11.8 Å². The summed E-state index contributed by atoms with van der Waals surface area (Å²) >= 11 is 0. The first-order valence-corrected chi connectivity index (χ1v) is 10.1. The second-order valence-electron chi connectivity index (χ2n) is 7.24. The Morgan fingerprint density at radius 3 is 2.00 bits per heavy atom. The zero-order chi connectivity index (χ0) is 21.5. The number of aromatic nitrogens is 1. The molecule has 0 saturated carbocycles. The first-order chi connectivity index (χ1) is 15.2. The number of pyridine rings is 1. The van der Waals surface area contributed by atoms with Crippen LogP contribution >= 0.6 is 0 Å². The molecule has 0 unspecified atom stereocenters. The highest BCUT2D eigenvalue weighted by Gasteiger charge is 2.14. The average Bonchev–Trinajstić information content (AvgIpc) is 2.83. The van der Waals surface area contributed by atoms with Crippen molar-refractivity contribution >= 4 is 0 Å². The molecule has 0 aliphatic rings. The molecule has 0 atom stereocenters. The molecule has 0 spiro atoms. The van der Waals surface area contributed by atoms with Crippen molar-refractivity contribution in [2.45, 2.75) is 20.1 Å². The van der Waals surface area contributed by atoms with Crippen molar-refractivity contribution in [3.63, 3.8) is 0 Å². The van der Waals surface area contributed by atoms with Gasteiger partial charge in [-0.15, -0.1) is 6.42 Å². The quantitative estimate of drug-likeness (QED) is 0.343. The molecule has 1 heterocycles. The molecule has 0 radical (unpaired) electrons. The predicted octanol–water partition coefficient (Wildman–Crippen LogP) is 6.20. The highest BCUT2D eigenvalue weighted by Crippen LogP contribution is 2.33. The molecule has 152 valence electrons. The summed E-state index contributed by atoms with van der Waals surface area (Å²) in [5, 5.41) is 0. The topological polar surface area (TPSA) is 31.4 Å². The van der Waals surface area contributed by atoms with Gasteiger partial charge in [0.15, 0.2) is 0 Å². The molecule has 31 heavy (non-hydrogen) atoms. The molecule has 0 aliphatic carbocycles. The first kappa shape index (κ1) is 20.3. The molecule has 4 aromatic rings. The van der Waals surface area contributed by atoms with E-state index in [1.54, 1.807) is 0 Å². The van der Waals surface area contributed by atoms with Gasteiger partial charge in [0.1, 0.15) is 13.2 Å². The van der Waals surface area contributed by atoms with Gasteiger partial charge in [-0.2, -0.15) is 4.98 Å². The third-order valence-electron chi connectivity index (χ3n) is 4.90. The zero-order valence-corrected chi connectivity index (χ0v) is 17.4. The highest BCUT2D eigenvalue weighted by atomic mass is 16.5. The van der Waals surface area contributed by atoms with Crippen LogP contribution in [-0.4, -0.2) is 4.98 Å². The lowest BCUT2D eigenvalue weighted by Crippen LogP contribution is -2.03. The molecular weight excluding hydrogens is 382 g/mol. The summed E-state index contributed by atoms with van der Waals surface area (Å²) in [6.07, 6.45) is 5.78. The van der Waals surface area contributed by atoms with Crippen LogP contribution in [0.25, 0.3) is 11.1 Å². The van der Waals surface area contributed by atoms with Crippen LogP contribution in [0.15, 0.2) is 91.0 Å². The average molecular weight is 405 g/mol. The van der Waals surface area contributed by atoms with E-state index < -0.39 is 0 Å². The molecule has 4 rings (SSSR count). The van der Waals surface area contributed by atoms with Crippen LogP contribution in [0, 0.1) is 19.3 Å². The molecule has 3 aromatic carbocycles. The minimum absolute atomic E-state index is 0.403. The van der Waals surface area contributed by atoms with Gasteiger partial charge in [-0.25, -0.2) is 0 Å². The molecular formula is C28H23NO2. The van der Waals surface area contributed by atoms with Crippen LogP contribution in [-0.2, 0) is 13.2 Å². The molecule has 3 nitrogen and oxygen atoms in total. The molecule has 0 saturated heterocycles. The number of rotatable bonds is 7. The van der Waals surface area contributed by atoms with Gasteiger partial charge in [-0.1, -0.05) is 78.7 Å². The van der Waals surface area contributed by atoms with E-state index in [4.69, 9.17) is 15.9 Å². The number of terminal acetylenes is 1. The molecule has 0 bridgehead atoms. The minimum atomic E-state index is 0.403. The molecule has 0 amide bonds. The number of hydrogen-bond donors (Lipinski definition) is 0. The van der Waals surface area contributed by atoms with Gasteiger partial charge in [0.25, 0.3) is 0 Å². The molecule has 0 fully saturated rings. The van der Waals surface area contributed by atoms with E-state index in [2.05, 4.69) is 10.9 Å². The van der Waals surface area contributed by atoms with Crippen molar-refractivity contribution in [1.82, 2.24) is 4.98 Å². The van der Waals surface area contributed by atoms with E-state index in [0.29, 0.717) is 25.0 Å². The van der Waals surface area contributed by atoms with Crippen molar-refractivity contribution in [2.24, 2.45) is 0 Å². The van der Waals surface area contributed by atoms with Gasteiger partial charge in [0, 0.05) is 22.8 Å². The summed E-state index contributed by atoms with van der Waals surface area (Å²) in [7, 11) is 0. The Bertz CT molecular complexity index is 1190. The van der Waals surface area contributed by atoms with Crippen LogP contribution in [0.1, 0.15) is 22.3 Å². The first-order valence-electron chi connectivity index (χ1n) is 10.1. The summed E-state index contributed by atoms with van der Waals surface area (Å²) in [6, 6.07) is 29.9. The summed E-state index contributed by atoms with van der Waals surface area (Å²) in [6.45, 7) is 2.86. The Kier molecular flexibility index (Phi) is 6.30. The summed E-state index contributed by atoms with van der Waals surface area (Å²) in [4.78, 5) is 4.66. The van der Waals surface area contributed by atoms with Gasteiger partial charge in [-0.3, -0.25) is 0 Å². The van der Waals surface area contributed by atoms with E-state index >= 15 is 0 Å². The van der Waals surface area contributed by atoms with E-state index in [1.807, 2.05) is 97.9 Å². The smallest absolute Gasteiger partial charge is 0.225 e. The maximum absolute atomic E-state index is 6.14. The molecule has 0 aliphatic heterocycles. The molecule has 3 heteroatoms. The van der Waals surface area contributed by atoms with Crippen molar-refractivity contribution in [3.8, 4) is 35.2 Å². The van der Waals surface area contributed by atoms with Gasteiger partial charge < -0.3 is 9.47 Å². The zero-order valence-electron chi connectivity index (χ0n) is 17.4. The molecule has 1 aromatic heterocycles. The maximum atomic E-state index is 6.14. The summed E-state index contributed by atoms with van der Waals surface area (Å²) < 4.78 is 12.1. The number of hydrogen-bond acceptors (Lipinski definition) is 3. The highest BCUT2D eigenvalue weighted by molar-refractivity contribution is 5.75. The van der Waals surface area contributed by atoms with Crippen LogP contribution in [0.2, 0.25) is 0 Å². The Hall–Kier alpha value is -4.03. The second kappa shape index (κ2) is 9.65. The summed E-state index contributed by atoms with van der Waals surface area (Å²) in [5.41, 5.74) is 5.82. The number of aryl methyl sites for hydroxylation is 1. The predicted molar refractivity (Wildman–Crippen MR) is 124 cm³/mol. The van der Waals surface area contributed by atoms with E-state index in [0.717, 1.165) is 33.4 Å². The van der Waals surface area contributed by atoms with Crippen LogP contribution in [0.3, 0.4) is 0 Å². The van der Waals surface area contributed by atoms with Gasteiger partial charge in [-0.05, 0) is 35.7 Å². The Labute approximate surface area is 183 Å². The van der Waals surface area contributed by atoms with Crippen LogP contribution in [0.4, 0.5) is 0 Å². The van der Waals surface area contributed by atoms with E-state index in [9.17, 15) is 0 Å². The number of benzene rings is 3. The fraction of sp³-hybridized carbons (Fsp3) is 0.107. The largest absolute Gasteiger partial charge is 0.473 e. The summed E-state index contributed by atoms with van der Waals surface area (Å²) in [5.74, 6) is 3.78. The molecule has 0 N–H and O–H groups in total. The van der Waals surface area contributed by atoms with E-state index in [1.165, 1.54) is 0 Å². The third-order valence-corrected chi connectivity index (χ3v) is 4.90. The SMILES string of the molecule is C#Cc1cc(C)ccc1-c1ccc(OCc2ccccc2)nc1OCc1ccccc1. The normalized spacial score (nSPS) is 10.3. The number of nitrogens with zero attached hydrogens (tertiary/aromatic N) is 1. The lowest BCUT2D eigenvalue weighted by molar-refractivity contribution is 0.268. The van der Waals surface area contributed by atoms with E-state index in [-0.39, 0.29) is 0 Å². The Morgan fingerprint density at radius 2 is 1.35 bits per heavy atom.